The standard InChI is InChI=1S/C14H15N7O2/c1-9-11(4-3-5-12(9)17-13(22)8-23-2)16-7-10(6-15)14-18-20-21-19-14/h3-5,7,16H,8H2,1-2H3,(H,17,22)(H,18,19,20,21). The summed E-state index contributed by atoms with van der Waals surface area (Å²) in [6, 6.07) is 7.37. The Morgan fingerprint density at radius 1 is 1.48 bits per heavy atom. The van der Waals surface area contributed by atoms with Gasteiger partial charge in [0.2, 0.25) is 11.7 Å². The van der Waals surface area contributed by atoms with Crippen LogP contribution in [-0.4, -0.2) is 40.2 Å². The second kappa shape index (κ2) is 7.67. The number of amides is 1. The molecule has 2 aromatic rings. The van der Waals surface area contributed by atoms with Crippen molar-refractivity contribution >= 4 is 22.9 Å². The van der Waals surface area contributed by atoms with E-state index >= 15 is 0 Å². The molecule has 118 valence electrons. The first-order valence-corrected chi connectivity index (χ1v) is 6.64. The van der Waals surface area contributed by atoms with Crippen LogP contribution in [0, 0.1) is 18.3 Å². The molecule has 1 heterocycles. The lowest BCUT2D eigenvalue weighted by atomic mass is 10.1. The minimum absolute atomic E-state index is 0.0204. The van der Waals surface area contributed by atoms with Crippen LogP contribution in [0.5, 0.6) is 0 Å². The number of ether oxygens (including phenoxy) is 1. The number of carbonyl (C=O) groups is 1. The van der Waals surface area contributed by atoms with Gasteiger partial charge in [-0.05, 0) is 29.8 Å². The van der Waals surface area contributed by atoms with Crippen LogP contribution in [0.1, 0.15) is 11.4 Å². The molecule has 23 heavy (non-hydrogen) atoms. The molecule has 0 saturated carbocycles. The molecule has 1 amide bonds. The second-order valence-corrected chi connectivity index (χ2v) is 4.51. The lowest BCUT2D eigenvalue weighted by molar-refractivity contribution is -0.119. The molecule has 9 heteroatoms. The van der Waals surface area contributed by atoms with Crippen LogP contribution in [0.15, 0.2) is 24.4 Å². The highest BCUT2D eigenvalue weighted by Gasteiger charge is 2.09. The number of benzene rings is 1. The number of H-pyrrole nitrogens is 1. The number of aromatic nitrogens is 4. The maximum atomic E-state index is 11.6. The average Bonchev–Trinajstić information content (AvgIpc) is 3.06. The highest BCUT2D eigenvalue weighted by molar-refractivity contribution is 5.93. The number of anilines is 2. The predicted octanol–water partition coefficient (Wildman–Crippen LogP) is 1.07. The van der Waals surface area contributed by atoms with E-state index in [1.54, 1.807) is 12.1 Å². The van der Waals surface area contributed by atoms with Gasteiger partial charge in [0.25, 0.3) is 0 Å². The van der Waals surface area contributed by atoms with Gasteiger partial charge in [0.1, 0.15) is 18.2 Å². The Morgan fingerprint density at radius 3 is 2.91 bits per heavy atom. The van der Waals surface area contributed by atoms with Crippen molar-refractivity contribution in [2.24, 2.45) is 0 Å². The average molecular weight is 313 g/mol. The highest BCUT2D eigenvalue weighted by Crippen LogP contribution is 2.24. The second-order valence-electron chi connectivity index (χ2n) is 4.51. The molecule has 0 aliphatic heterocycles. The Labute approximate surface area is 132 Å². The number of nitrogens with zero attached hydrogens (tertiary/aromatic N) is 4. The SMILES string of the molecule is COCC(=O)Nc1cccc(NC=C(C#N)c2nn[nH]n2)c1C. The molecule has 0 bridgehead atoms. The monoisotopic (exact) mass is 313 g/mol. The van der Waals surface area contributed by atoms with Crippen molar-refractivity contribution in [2.75, 3.05) is 24.4 Å². The molecule has 0 unspecified atom stereocenters. The smallest absolute Gasteiger partial charge is 0.250 e. The Kier molecular flexibility index (Phi) is 5.38. The summed E-state index contributed by atoms with van der Waals surface area (Å²) in [6.45, 7) is 1.83. The molecule has 1 aromatic carbocycles. The summed E-state index contributed by atoms with van der Waals surface area (Å²) in [5.41, 5.74) is 2.44. The van der Waals surface area contributed by atoms with Gasteiger partial charge < -0.3 is 15.4 Å². The fourth-order valence-electron chi connectivity index (χ4n) is 1.82. The van der Waals surface area contributed by atoms with Crippen molar-refractivity contribution in [3.8, 4) is 6.07 Å². The molecule has 0 aliphatic rings. The molecule has 0 fully saturated rings. The summed E-state index contributed by atoms with van der Waals surface area (Å²) < 4.78 is 4.78. The van der Waals surface area contributed by atoms with Gasteiger partial charge in [-0.2, -0.15) is 10.5 Å². The first kappa shape index (κ1) is 16.1. The van der Waals surface area contributed by atoms with Crippen LogP contribution in [0.25, 0.3) is 5.57 Å². The molecule has 2 rings (SSSR count). The number of aromatic amines is 1. The van der Waals surface area contributed by atoms with E-state index in [2.05, 4.69) is 31.3 Å². The van der Waals surface area contributed by atoms with Crippen molar-refractivity contribution in [3.63, 3.8) is 0 Å². The van der Waals surface area contributed by atoms with Crippen molar-refractivity contribution < 1.29 is 9.53 Å². The van der Waals surface area contributed by atoms with Gasteiger partial charge in [-0.3, -0.25) is 4.79 Å². The number of methoxy groups -OCH3 is 1. The summed E-state index contributed by atoms with van der Waals surface area (Å²) in [6.07, 6.45) is 1.48. The van der Waals surface area contributed by atoms with Crippen LogP contribution in [-0.2, 0) is 9.53 Å². The molecule has 0 atom stereocenters. The van der Waals surface area contributed by atoms with Gasteiger partial charge in [-0.1, -0.05) is 6.07 Å². The van der Waals surface area contributed by atoms with Crippen LogP contribution >= 0.6 is 0 Å². The third-order valence-corrected chi connectivity index (χ3v) is 2.96. The number of carbonyl (C=O) groups excluding carboxylic acids is 1. The van der Waals surface area contributed by atoms with E-state index in [1.165, 1.54) is 13.3 Å². The normalized spacial score (nSPS) is 10.9. The molecule has 9 nitrogen and oxygen atoms in total. The molecule has 3 N–H and O–H groups in total. The van der Waals surface area contributed by atoms with Gasteiger partial charge >= 0.3 is 0 Å². The summed E-state index contributed by atoms with van der Waals surface area (Å²) in [7, 11) is 1.45. The number of nitrogens with one attached hydrogen (secondary N) is 3. The minimum atomic E-state index is -0.243. The molecule has 1 aromatic heterocycles. The number of hydrogen-bond donors (Lipinski definition) is 3. The van der Waals surface area contributed by atoms with Gasteiger partial charge in [0.15, 0.2) is 0 Å². The predicted molar refractivity (Wildman–Crippen MR) is 83.1 cm³/mol. The lowest BCUT2D eigenvalue weighted by Crippen LogP contribution is -2.17. The minimum Gasteiger partial charge on any atom is -0.375 e. The molecular formula is C14H15N7O2. The van der Waals surface area contributed by atoms with Crippen LogP contribution < -0.4 is 10.6 Å². The summed E-state index contributed by atoms with van der Waals surface area (Å²) >= 11 is 0. The van der Waals surface area contributed by atoms with E-state index in [-0.39, 0.29) is 23.9 Å². The number of allylic oxidation sites excluding steroid dienone is 1. The Balaban J connectivity index is 2.18. The largest absolute Gasteiger partial charge is 0.375 e. The van der Waals surface area contributed by atoms with Gasteiger partial charge in [0, 0.05) is 24.7 Å². The zero-order chi connectivity index (χ0) is 16.7. The molecule has 0 radical (unpaired) electrons. The quantitative estimate of drug-likeness (QED) is 0.680. The maximum absolute atomic E-state index is 11.6. The van der Waals surface area contributed by atoms with Crippen molar-refractivity contribution in [1.82, 2.24) is 20.6 Å². The molecule has 0 saturated heterocycles. The van der Waals surface area contributed by atoms with E-state index in [4.69, 9.17) is 10.00 Å². The van der Waals surface area contributed by atoms with Crippen molar-refractivity contribution in [2.45, 2.75) is 6.92 Å². The summed E-state index contributed by atoms with van der Waals surface area (Å²) in [5.74, 6) is -0.0463. The van der Waals surface area contributed by atoms with Gasteiger partial charge in [-0.15, -0.1) is 10.2 Å². The zero-order valence-corrected chi connectivity index (χ0v) is 12.6. The number of nitriles is 1. The maximum Gasteiger partial charge on any atom is 0.250 e. The lowest BCUT2D eigenvalue weighted by Gasteiger charge is -2.12. The van der Waals surface area contributed by atoms with Crippen LogP contribution in [0.2, 0.25) is 0 Å². The summed E-state index contributed by atoms with van der Waals surface area (Å²) in [5, 5.41) is 28.1. The van der Waals surface area contributed by atoms with Gasteiger partial charge in [-0.25, -0.2) is 0 Å². The van der Waals surface area contributed by atoms with E-state index < -0.39 is 0 Å². The molecule has 0 aliphatic carbocycles. The van der Waals surface area contributed by atoms with E-state index in [0.29, 0.717) is 5.69 Å². The van der Waals surface area contributed by atoms with E-state index in [1.807, 2.05) is 19.1 Å². The van der Waals surface area contributed by atoms with E-state index in [0.717, 1.165) is 11.3 Å². The fraction of sp³-hybridized carbons (Fsp3) is 0.214. The third-order valence-electron chi connectivity index (χ3n) is 2.96. The van der Waals surface area contributed by atoms with E-state index in [9.17, 15) is 4.79 Å². The van der Waals surface area contributed by atoms with Crippen molar-refractivity contribution in [1.29, 1.82) is 5.26 Å². The topological polar surface area (TPSA) is 129 Å². The van der Waals surface area contributed by atoms with Crippen LogP contribution in [0.3, 0.4) is 0 Å². The first-order chi connectivity index (χ1) is 11.2. The summed E-state index contributed by atoms with van der Waals surface area (Å²) in [4.78, 5) is 11.6. The third kappa shape index (κ3) is 4.12. The van der Waals surface area contributed by atoms with Crippen molar-refractivity contribution in [3.05, 3.63) is 35.8 Å². The van der Waals surface area contributed by atoms with Crippen LogP contribution in [0.4, 0.5) is 11.4 Å². The fourth-order valence-corrected chi connectivity index (χ4v) is 1.82. The number of rotatable bonds is 6. The first-order valence-electron chi connectivity index (χ1n) is 6.64. The Morgan fingerprint density at radius 2 is 2.26 bits per heavy atom. The van der Waals surface area contributed by atoms with Gasteiger partial charge in [0.05, 0.1) is 0 Å². The molecular weight excluding hydrogens is 298 g/mol. The number of tetrazole rings is 1. The number of hydrogen-bond acceptors (Lipinski definition) is 7. The Bertz CT molecular complexity index is 747. The zero-order valence-electron chi connectivity index (χ0n) is 12.6. The Hall–Kier alpha value is -3.25. The molecule has 0 spiro atoms. The highest BCUT2D eigenvalue weighted by atomic mass is 16.5.